The van der Waals surface area contributed by atoms with E-state index in [-0.39, 0.29) is 26.1 Å². The molecule has 30 heavy (non-hydrogen) atoms. The number of carbonyl (C=O) groups excluding carboxylic acids is 4. The molecule has 0 aromatic carbocycles. The molecule has 170 valence electrons. The highest BCUT2D eigenvalue weighted by Crippen LogP contribution is 2.67. The van der Waals surface area contributed by atoms with Crippen molar-refractivity contribution in [3.05, 3.63) is 0 Å². The van der Waals surface area contributed by atoms with E-state index in [0.717, 1.165) is 0 Å². The van der Waals surface area contributed by atoms with Crippen LogP contribution < -0.4 is 10.6 Å². The Morgan fingerprint density at radius 3 is 2.20 bits per heavy atom. The molecule has 0 saturated heterocycles. The lowest BCUT2D eigenvalue weighted by Gasteiger charge is -2.33. The van der Waals surface area contributed by atoms with Gasteiger partial charge in [0.05, 0.1) is 13.2 Å². The number of nitrogens with one attached hydrogen (secondary N) is 2. The molecule has 0 radical (unpaired) electrons. The van der Waals surface area contributed by atoms with Gasteiger partial charge in [-0.25, -0.2) is 18.8 Å². The monoisotopic (exact) mass is 430 g/mol. The first kappa shape index (κ1) is 23.9. The molecule has 0 heterocycles. The number of alkyl halides is 1. The van der Waals surface area contributed by atoms with E-state index in [1.165, 1.54) is 6.92 Å². The summed E-state index contributed by atoms with van der Waals surface area (Å²) in [6.45, 7) is 9.61. The Labute approximate surface area is 175 Å². The minimum absolute atomic E-state index is 0.000445. The molecule has 2 amide bonds. The van der Waals surface area contributed by atoms with Crippen LogP contribution in [0.2, 0.25) is 0 Å². The van der Waals surface area contributed by atoms with Gasteiger partial charge in [-0.2, -0.15) is 0 Å². The van der Waals surface area contributed by atoms with Gasteiger partial charge in [-0.05, 0) is 54.4 Å². The summed E-state index contributed by atoms with van der Waals surface area (Å²) in [6, 6.07) is -1.07. The fourth-order valence-corrected chi connectivity index (χ4v) is 4.12. The predicted molar refractivity (Wildman–Crippen MR) is 103 cm³/mol. The lowest BCUT2D eigenvalue weighted by Crippen LogP contribution is -2.61. The number of hydrogen-bond acceptors (Lipinski definition) is 7. The quantitative estimate of drug-likeness (QED) is 0.465. The van der Waals surface area contributed by atoms with Gasteiger partial charge in [-0.1, -0.05) is 0 Å². The normalized spacial score (nSPS) is 30.5. The van der Waals surface area contributed by atoms with Crippen LogP contribution in [0.1, 0.15) is 54.4 Å². The highest BCUT2D eigenvalue weighted by molar-refractivity contribution is 5.96. The molecule has 5 atom stereocenters. The van der Waals surface area contributed by atoms with Crippen molar-refractivity contribution < 1.29 is 37.8 Å². The number of ether oxygens (including phenoxy) is 3. The molecule has 2 aliphatic carbocycles. The van der Waals surface area contributed by atoms with E-state index >= 15 is 4.39 Å². The molecular formula is C20H31FN2O7. The number of amides is 2. The number of fused-ring (bicyclic) bond motifs is 1. The molecule has 0 aromatic rings. The van der Waals surface area contributed by atoms with Crippen molar-refractivity contribution >= 4 is 23.9 Å². The lowest BCUT2D eigenvalue weighted by atomic mass is 9.88. The van der Waals surface area contributed by atoms with Crippen LogP contribution in [0.4, 0.5) is 9.18 Å². The fourth-order valence-electron chi connectivity index (χ4n) is 4.12. The maximum atomic E-state index is 15.4. The van der Waals surface area contributed by atoms with Crippen LogP contribution in [0.3, 0.4) is 0 Å². The van der Waals surface area contributed by atoms with Crippen molar-refractivity contribution in [2.75, 3.05) is 13.2 Å². The molecule has 2 fully saturated rings. The summed E-state index contributed by atoms with van der Waals surface area (Å²) >= 11 is 0. The Hall–Kier alpha value is -2.39. The van der Waals surface area contributed by atoms with Crippen LogP contribution in [0.5, 0.6) is 0 Å². The summed E-state index contributed by atoms with van der Waals surface area (Å²) in [5.74, 6) is -4.38. The molecular weight excluding hydrogens is 399 g/mol. The summed E-state index contributed by atoms with van der Waals surface area (Å²) in [5.41, 5.74) is -4.81. The van der Waals surface area contributed by atoms with Gasteiger partial charge < -0.3 is 24.8 Å². The van der Waals surface area contributed by atoms with Gasteiger partial charge in [0.25, 0.3) is 0 Å². The van der Waals surface area contributed by atoms with Gasteiger partial charge in [-0.15, -0.1) is 0 Å². The van der Waals surface area contributed by atoms with E-state index in [1.807, 2.05) is 0 Å². The summed E-state index contributed by atoms with van der Waals surface area (Å²) < 4.78 is 30.5. The maximum absolute atomic E-state index is 15.4. The minimum atomic E-state index is -2.35. The Morgan fingerprint density at radius 1 is 1.10 bits per heavy atom. The lowest BCUT2D eigenvalue weighted by molar-refractivity contribution is -0.159. The molecule has 0 spiro atoms. The van der Waals surface area contributed by atoms with Crippen LogP contribution in [-0.4, -0.2) is 60.0 Å². The zero-order valence-corrected chi connectivity index (χ0v) is 18.3. The van der Waals surface area contributed by atoms with Gasteiger partial charge in [0.15, 0.2) is 0 Å². The van der Waals surface area contributed by atoms with E-state index in [2.05, 4.69) is 10.6 Å². The third-order valence-electron chi connectivity index (χ3n) is 5.37. The number of esters is 2. The minimum Gasteiger partial charge on any atom is -0.464 e. The van der Waals surface area contributed by atoms with Crippen molar-refractivity contribution in [2.45, 2.75) is 77.2 Å². The second-order valence-electron chi connectivity index (χ2n) is 8.66. The number of alkyl carbamates (subject to hydrolysis) is 1. The van der Waals surface area contributed by atoms with E-state index in [9.17, 15) is 19.2 Å². The fraction of sp³-hybridized carbons (Fsp3) is 0.800. The molecule has 0 aliphatic heterocycles. The van der Waals surface area contributed by atoms with Crippen molar-refractivity contribution in [3.8, 4) is 0 Å². The molecule has 10 heteroatoms. The van der Waals surface area contributed by atoms with E-state index in [4.69, 9.17) is 14.2 Å². The zero-order valence-electron chi connectivity index (χ0n) is 18.3. The first-order valence-electron chi connectivity index (χ1n) is 10.2. The summed E-state index contributed by atoms with van der Waals surface area (Å²) in [6.07, 6.45) is -0.471. The number of rotatable bonds is 7. The second kappa shape index (κ2) is 8.39. The van der Waals surface area contributed by atoms with Gasteiger partial charge in [0, 0.05) is 11.8 Å². The average Bonchev–Trinajstić information content (AvgIpc) is 3.03. The molecule has 2 aliphatic rings. The third kappa shape index (κ3) is 4.37. The van der Waals surface area contributed by atoms with Crippen LogP contribution in [0.25, 0.3) is 0 Å². The molecule has 2 saturated carbocycles. The Kier molecular flexibility index (Phi) is 6.68. The number of halogens is 1. The highest BCUT2D eigenvalue weighted by Gasteiger charge is 2.83. The molecule has 2 rings (SSSR count). The first-order chi connectivity index (χ1) is 13.8. The van der Waals surface area contributed by atoms with Gasteiger partial charge in [-0.3, -0.25) is 4.79 Å². The Balaban J connectivity index is 2.19. The smallest absolute Gasteiger partial charge is 0.408 e. The van der Waals surface area contributed by atoms with Crippen molar-refractivity contribution in [3.63, 3.8) is 0 Å². The number of carbonyl (C=O) groups is 4. The van der Waals surface area contributed by atoms with Gasteiger partial charge >= 0.3 is 18.0 Å². The van der Waals surface area contributed by atoms with E-state index in [1.54, 1.807) is 34.6 Å². The topological polar surface area (TPSA) is 120 Å². The first-order valence-corrected chi connectivity index (χ1v) is 10.2. The van der Waals surface area contributed by atoms with Crippen molar-refractivity contribution in [1.29, 1.82) is 0 Å². The molecule has 2 N–H and O–H groups in total. The summed E-state index contributed by atoms with van der Waals surface area (Å²) in [4.78, 5) is 49.6. The Bertz CT molecular complexity index is 722. The SMILES string of the molecule is CCOC(=O)C1(NC(=O)C(C)NC(=O)OC(C)(C)C)CCC2C1C2(F)C(=O)OCC. The molecule has 9 nitrogen and oxygen atoms in total. The number of hydrogen-bond donors (Lipinski definition) is 2. The van der Waals surface area contributed by atoms with E-state index < -0.39 is 58.6 Å². The standard InChI is InChI=1S/C20H31FN2O7/c1-7-28-15(25)19(10-9-12-13(19)20(12,21)16(26)29-8-2)23-14(24)11(3)22-17(27)30-18(4,5)6/h11-13H,7-10H2,1-6H3,(H,22,27)(H,23,24). The predicted octanol–water partition coefficient (Wildman–Crippen LogP) is 1.63. The van der Waals surface area contributed by atoms with Crippen LogP contribution >= 0.6 is 0 Å². The summed E-state index contributed by atoms with van der Waals surface area (Å²) in [7, 11) is 0. The van der Waals surface area contributed by atoms with Crippen molar-refractivity contribution in [1.82, 2.24) is 10.6 Å². The second-order valence-corrected chi connectivity index (χ2v) is 8.66. The molecule has 0 aromatic heterocycles. The third-order valence-corrected chi connectivity index (χ3v) is 5.37. The average molecular weight is 430 g/mol. The van der Waals surface area contributed by atoms with Crippen LogP contribution in [-0.2, 0) is 28.6 Å². The molecule has 5 unspecified atom stereocenters. The van der Waals surface area contributed by atoms with Gasteiger partial charge in [0.2, 0.25) is 11.6 Å². The highest BCUT2D eigenvalue weighted by atomic mass is 19.1. The maximum Gasteiger partial charge on any atom is 0.408 e. The van der Waals surface area contributed by atoms with E-state index in [0.29, 0.717) is 0 Å². The van der Waals surface area contributed by atoms with Crippen molar-refractivity contribution in [2.24, 2.45) is 11.8 Å². The Morgan fingerprint density at radius 2 is 1.67 bits per heavy atom. The molecule has 0 bridgehead atoms. The largest absolute Gasteiger partial charge is 0.464 e. The zero-order chi connectivity index (χ0) is 22.9. The summed E-state index contributed by atoms with van der Waals surface area (Å²) in [5, 5.41) is 4.94. The van der Waals surface area contributed by atoms with Crippen LogP contribution in [0, 0.1) is 11.8 Å². The van der Waals surface area contributed by atoms with Gasteiger partial charge in [0.1, 0.15) is 17.2 Å². The van der Waals surface area contributed by atoms with Crippen LogP contribution in [0.15, 0.2) is 0 Å².